The summed E-state index contributed by atoms with van der Waals surface area (Å²) in [6.07, 6.45) is 0. The van der Waals surface area contributed by atoms with Crippen LogP contribution in [0.5, 0.6) is 0 Å². The molecule has 1 aliphatic heterocycles. The molecule has 1 aliphatic carbocycles. The summed E-state index contributed by atoms with van der Waals surface area (Å²) < 4.78 is 2.70. The summed E-state index contributed by atoms with van der Waals surface area (Å²) in [4.78, 5) is 4.84. The molecule has 0 N–H and O–H groups in total. The molecule has 11 rings (SSSR count). The smallest absolute Gasteiger partial charge is 0.0497 e. The van der Waals surface area contributed by atoms with Gasteiger partial charge < -0.3 is 9.80 Å². The van der Waals surface area contributed by atoms with Crippen LogP contribution in [0.2, 0.25) is 0 Å². The van der Waals surface area contributed by atoms with Gasteiger partial charge >= 0.3 is 0 Å². The van der Waals surface area contributed by atoms with Gasteiger partial charge in [-0.05, 0) is 112 Å². The maximum Gasteiger partial charge on any atom is 0.0497 e. The van der Waals surface area contributed by atoms with Gasteiger partial charge in [0.1, 0.15) is 0 Å². The van der Waals surface area contributed by atoms with Crippen LogP contribution in [0.15, 0.2) is 182 Å². The summed E-state index contributed by atoms with van der Waals surface area (Å²) >= 11 is 1.94. The Kier molecular flexibility index (Phi) is 7.17. The van der Waals surface area contributed by atoms with Crippen molar-refractivity contribution in [1.29, 1.82) is 0 Å². The highest BCUT2D eigenvalue weighted by atomic mass is 32.1. The third kappa shape index (κ3) is 5.00. The molecule has 262 valence electrons. The fraction of sp³-hybridized carbons (Fsp3) is 0.0769. The minimum absolute atomic E-state index is 0.0663. The van der Waals surface area contributed by atoms with Crippen LogP contribution in [0.1, 0.15) is 30.5 Å². The summed E-state index contributed by atoms with van der Waals surface area (Å²) in [5.41, 5.74) is 17.9. The molecule has 0 saturated carbocycles. The molecule has 9 aromatic rings. The maximum absolute atomic E-state index is 2.52. The molecule has 0 atom stereocenters. The van der Waals surface area contributed by atoms with Crippen LogP contribution >= 0.6 is 11.3 Å². The van der Waals surface area contributed by atoms with E-state index >= 15 is 0 Å². The van der Waals surface area contributed by atoms with Gasteiger partial charge in [-0.25, -0.2) is 0 Å². The number of hydrogen-bond acceptors (Lipinski definition) is 3. The fourth-order valence-corrected chi connectivity index (χ4v) is 10.4. The van der Waals surface area contributed by atoms with Crippen molar-refractivity contribution in [3.05, 3.63) is 199 Å². The maximum atomic E-state index is 2.52. The molecule has 0 spiro atoms. The van der Waals surface area contributed by atoms with Crippen molar-refractivity contribution in [3.63, 3.8) is 0 Å². The van der Waals surface area contributed by atoms with Gasteiger partial charge in [-0.2, -0.15) is 0 Å². The van der Waals surface area contributed by atoms with Crippen LogP contribution in [0.25, 0.3) is 53.6 Å². The highest BCUT2D eigenvalue weighted by molar-refractivity contribution is 7.26. The van der Waals surface area contributed by atoms with Crippen molar-refractivity contribution in [2.45, 2.75) is 25.8 Å². The van der Waals surface area contributed by atoms with E-state index in [9.17, 15) is 0 Å². The van der Waals surface area contributed by atoms with E-state index in [0.29, 0.717) is 0 Å². The lowest BCUT2D eigenvalue weighted by atomic mass is 9.81. The average molecular weight is 723 g/mol. The number of nitrogens with zero attached hydrogens (tertiary/aromatic N) is 2. The monoisotopic (exact) mass is 722 g/mol. The molecular weight excluding hydrogens is 685 g/mol. The van der Waals surface area contributed by atoms with E-state index in [0.717, 1.165) is 23.6 Å². The lowest BCUT2D eigenvalue weighted by molar-refractivity contribution is 0.660. The Morgan fingerprint density at radius 2 is 1.15 bits per heavy atom. The zero-order valence-corrected chi connectivity index (χ0v) is 31.6. The predicted molar refractivity (Wildman–Crippen MR) is 235 cm³/mol. The third-order valence-electron chi connectivity index (χ3n) is 11.9. The molecule has 0 radical (unpaired) electrons. The standard InChI is InChI=1S/C52H38N2S/c1-52(2)46-21-13-12-20-41(46)43-31-45-48(32-47(43)52)53(37-14-6-3-7-15-37)33-36-24-28-42-44-30-35(25-29-49(44)55-51(42)50(36)45)34-22-26-40(27-23-34)54(38-16-8-4-9-17-38)39-18-10-5-11-19-39/h3-32H,33H2,1-2H3. The molecular formula is C52H38N2S. The number of rotatable bonds is 5. The highest BCUT2D eigenvalue weighted by Gasteiger charge is 2.38. The number of hydrogen-bond donors (Lipinski definition) is 0. The summed E-state index contributed by atoms with van der Waals surface area (Å²) in [6.45, 7) is 5.60. The normalized spacial score (nSPS) is 13.7. The Labute approximate surface area is 326 Å². The van der Waals surface area contributed by atoms with E-state index in [2.05, 4.69) is 206 Å². The lowest BCUT2D eigenvalue weighted by Crippen LogP contribution is -2.23. The molecule has 3 heteroatoms. The quantitative estimate of drug-likeness (QED) is 0.175. The van der Waals surface area contributed by atoms with Gasteiger partial charge in [0.25, 0.3) is 0 Å². The topological polar surface area (TPSA) is 6.48 Å². The van der Waals surface area contributed by atoms with E-state index in [1.54, 1.807) is 0 Å². The Morgan fingerprint density at radius 3 is 1.87 bits per heavy atom. The van der Waals surface area contributed by atoms with E-state index in [1.807, 2.05) is 11.3 Å². The Balaban J connectivity index is 1.04. The van der Waals surface area contributed by atoms with Crippen molar-refractivity contribution < 1.29 is 0 Å². The van der Waals surface area contributed by atoms with E-state index in [4.69, 9.17) is 0 Å². The van der Waals surface area contributed by atoms with Gasteiger partial charge in [-0.15, -0.1) is 11.3 Å². The molecule has 1 aromatic heterocycles. The first-order valence-corrected chi connectivity index (χ1v) is 19.9. The van der Waals surface area contributed by atoms with E-state index in [-0.39, 0.29) is 5.41 Å². The van der Waals surface area contributed by atoms with Gasteiger partial charge in [-0.3, -0.25) is 0 Å². The third-order valence-corrected chi connectivity index (χ3v) is 13.1. The number of thiophene rings is 1. The summed E-state index contributed by atoms with van der Waals surface area (Å²) in [5, 5.41) is 2.65. The van der Waals surface area contributed by atoms with Gasteiger partial charge in [0.15, 0.2) is 0 Å². The molecule has 0 amide bonds. The molecule has 0 bridgehead atoms. The van der Waals surface area contributed by atoms with Crippen molar-refractivity contribution in [2.75, 3.05) is 9.80 Å². The average Bonchev–Trinajstić information content (AvgIpc) is 3.72. The lowest BCUT2D eigenvalue weighted by Gasteiger charge is -2.35. The summed E-state index contributed by atoms with van der Waals surface area (Å²) in [6, 6.07) is 66.9. The van der Waals surface area contributed by atoms with Gasteiger partial charge in [0.2, 0.25) is 0 Å². The van der Waals surface area contributed by atoms with Crippen molar-refractivity contribution in [2.24, 2.45) is 0 Å². The SMILES string of the molecule is CC1(C)c2ccccc2-c2cc3c(cc21)N(c1ccccc1)Cc1ccc2c(sc4ccc(-c5ccc(N(c6ccccc6)c6ccccc6)cc5)cc42)c1-3. The number of benzene rings is 8. The molecule has 2 heterocycles. The van der Waals surface area contributed by atoms with E-state index in [1.165, 1.54) is 81.6 Å². The van der Waals surface area contributed by atoms with Gasteiger partial charge in [-0.1, -0.05) is 123 Å². The number of anilines is 5. The first-order valence-electron chi connectivity index (χ1n) is 19.1. The zero-order valence-electron chi connectivity index (χ0n) is 30.8. The number of fused-ring (bicyclic) bond motifs is 10. The first-order chi connectivity index (χ1) is 27.0. The minimum atomic E-state index is -0.0663. The molecule has 2 nitrogen and oxygen atoms in total. The van der Waals surface area contributed by atoms with E-state index < -0.39 is 0 Å². The van der Waals surface area contributed by atoms with Crippen molar-refractivity contribution in [1.82, 2.24) is 0 Å². The first kappa shape index (κ1) is 32.0. The van der Waals surface area contributed by atoms with Crippen LogP contribution in [0.3, 0.4) is 0 Å². The van der Waals surface area contributed by atoms with Gasteiger partial charge in [0, 0.05) is 71.7 Å². The van der Waals surface area contributed by atoms with Crippen LogP contribution < -0.4 is 9.80 Å². The molecule has 0 unspecified atom stereocenters. The summed E-state index contributed by atoms with van der Waals surface area (Å²) in [5.74, 6) is 0. The van der Waals surface area contributed by atoms with Crippen LogP contribution in [0.4, 0.5) is 28.4 Å². The minimum Gasteiger partial charge on any atom is -0.336 e. The van der Waals surface area contributed by atoms with Crippen molar-refractivity contribution >= 4 is 59.9 Å². The van der Waals surface area contributed by atoms with Crippen molar-refractivity contribution in [3.8, 4) is 33.4 Å². The van der Waals surface area contributed by atoms with Gasteiger partial charge in [0.05, 0.1) is 0 Å². The number of para-hydroxylation sites is 3. The molecule has 2 aliphatic rings. The Bertz CT molecular complexity index is 2870. The summed E-state index contributed by atoms with van der Waals surface area (Å²) in [7, 11) is 0. The largest absolute Gasteiger partial charge is 0.336 e. The second-order valence-corrected chi connectivity index (χ2v) is 16.4. The van der Waals surface area contributed by atoms with Crippen LogP contribution in [-0.2, 0) is 12.0 Å². The second-order valence-electron chi connectivity index (χ2n) is 15.3. The highest BCUT2D eigenvalue weighted by Crippen LogP contribution is 2.56. The Morgan fingerprint density at radius 1 is 0.509 bits per heavy atom. The fourth-order valence-electron chi connectivity index (χ4n) is 9.15. The Hall–Kier alpha value is -6.42. The van der Waals surface area contributed by atoms with Crippen LogP contribution in [-0.4, -0.2) is 0 Å². The molecule has 8 aromatic carbocycles. The molecule has 55 heavy (non-hydrogen) atoms. The van der Waals surface area contributed by atoms with Crippen LogP contribution in [0, 0.1) is 0 Å². The molecule has 0 fully saturated rings. The second kappa shape index (κ2) is 12.3. The molecule has 0 saturated heterocycles. The predicted octanol–water partition coefficient (Wildman–Crippen LogP) is 14.8. The zero-order chi connectivity index (χ0) is 36.7.